The number of nitrogens with zero attached hydrogens (tertiary/aromatic N) is 2. The number of carboxylic acids is 2. The number of aromatic nitrogens is 1. The van der Waals surface area contributed by atoms with E-state index in [-0.39, 0.29) is 0 Å². The Balaban J connectivity index is 0.000000479. The number of carboxylic acid groups (broad SMARTS) is 2. The molecule has 0 aliphatic heterocycles. The first-order valence-corrected chi connectivity index (χ1v) is 9.25. The standard InChI is InChI=1S/C16H23N5O.C4H4O4/c1-3-4-5-8-18-16(17)21-20-11-12-10-19-15-7-6-13(22-2)9-14(12)15;5-3(6)1-2-4(7)8/h6-7,9-11,19H,3-5,8H2,1-2H3,(H3,17,18,21);1-2H,(H,5,6)(H,7,8)/b20-11-;2-1-. The van der Waals surface area contributed by atoms with Crippen LogP contribution in [0.4, 0.5) is 0 Å². The highest BCUT2D eigenvalue weighted by atomic mass is 16.5. The van der Waals surface area contributed by atoms with E-state index in [1.165, 1.54) is 6.42 Å². The predicted octanol–water partition coefficient (Wildman–Crippen LogP) is 2.32. The lowest BCUT2D eigenvalue weighted by Gasteiger charge is -2.00. The van der Waals surface area contributed by atoms with Crippen LogP contribution in [-0.2, 0) is 9.59 Å². The number of hydrogen-bond acceptors (Lipinski definition) is 5. The Morgan fingerprint density at radius 3 is 2.53 bits per heavy atom. The summed E-state index contributed by atoms with van der Waals surface area (Å²) >= 11 is 0. The average molecular weight is 417 g/mol. The van der Waals surface area contributed by atoms with Gasteiger partial charge in [0.1, 0.15) is 5.75 Å². The molecule has 0 spiro atoms. The number of carbonyl (C=O) groups is 2. The third-order valence-electron chi connectivity index (χ3n) is 3.72. The molecule has 10 nitrogen and oxygen atoms in total. The average Bonchev–Trinajstić information content (AvgIpc) is 3.12. The van der Waals surface area contributed by atoms with Crippen LogP contribution >= 0.6 is 0 Å². The van der Waals surface area contributed by atoms with Crippen LogP contribution in [0.1, 0.15) is 31.7 Å². The zero-order valence-electron chi connectivity index (χ0n) is 17.0. The summed E-state index contributed by atoms with van der Waals surface area (Å²) in [7, 11) is 1.65. The molecular weight excluding hydrogens is 390 g/mol. The molecule has 0 fully saturated rings. The molecule has 2 aromatic rings. The summed E-state index contributed by atoms with van der Waals surface area (Å²) in [4.78, 5) is 26.5. The number of unbranched alkanes of at least 4 members (excludes halogenated alkanes) is 2. The highest BCUT2D eigenvalue weighted by molar-refractivity contribution is 5.99. The zero-order valence-corrected chi connectivity index (χ0v) is 17.0. The lowest BCUT2D eigenvalue weighted by atomic mass is 10.2. The number of methoxy groups -OCH3 is 1. The van der Waals surface area contributed by atoms with Crippen LogP contribution in [0.3, 0.4) is 0 Å². The van der Waals surface area contributed by atoms with Gasteiger partial charge in [0, 0.05) is 41.4 Å². The highest BCUT2D eigenvalue weighted by Gasteiger charge is 2.03. The van der Waals surface area contributed by atoms with Crippen molar-refractivity contribution < 1.29 is 24.5 Å². The Bertz CT molecular complexity index is 901. The molecular formula is C20H27N5O5. The van der Waals surface area contributed by atoms with Crippen LogP contribution in [-0.4, -0.2) is 53.0 Å². The lowest BCUT2D eigenvalue weighted by Crippen LogP contribution is -2.27. The number of aliphatic carboxylic acids is 2. The van der Waals surface area contributed by atoms with Crippen LogP contribution in [0, 0.1) is 0 Å². The number of nitrogens with two attached hydrogens (primary N) is 1. The number of hydrogen-bond donors (Lipinski definition) is 5. The molecule has 0 aliphatic rings. The number of guanidine groups is 1. The Kier molecular flexibility index (Phi) is 10.8. The van der Waals surface area contributed by atoms with Crippen LogP contribution < -0.4 is 15.9 Å². The summed E-state index contributed by atoms with van der Waals surface area (Å²) in [6, 6.07) is 5.86. The van der Waals surface area contributed by atoms with Crippen molar-refractivity contribution in [1.82, 2.24) is 10.4 Å². The zero-order chi connectivity index (χ0) is 22.4. The largest absolute Gasteiger partial charge is 0.497 e. The van der Waals surface area contributed by atoms with Gasteiger partial charge in [-0.3, -0.25) is 4.99 Å². The van der Waals surface area contributed by atoms with Gasteiger partial charge in [-0.15, -0.1) is 0 Å². The van der Waals surface area contributed by atoms with Gasteiger partial charge in [-0.1, -0.05) is 19.8 Å². The van der Waals surface area contributed by atoms with Gasteiger partial charge >= 0.3 is 11.9 Å². The third-order valence-corrected chi connectivity index (χ3v) is 3.72. The SMILES string of the molecule is CCCCCN=C(N)N/N=C\c1c[nH]c2ccc(OC)cc12.O=C(O)/C=C\C(=O)O. The van der Waals surface area contributed by atoms with Crippen molar-refractivity contribution in [2.75, 3.05) is 13.7 Å². The molecule has 1 aromatic carbocycles. The second-order valence-electron chi connectivity index (χ2n) is 6.01. The van der Waals surface area contributed by atoms with Gasteiger partial charge in [-0.2, -0.15) is 5.10 Å². The second-order valence-corrected chi connectivity index (χ2v) is 6.01. The second kappa shape index (κ2) is 13.4. The van der Waals surface area contributed by atoms with E-state index in [1.54, 1.807) is 13.3 Å². The van der Waals surface area contributed by atoms with Crippen LogP contribution in [0.2, 0.25) is 0 Å². The van der Waals surface area contributed by atoms with Crippen LogP contribution in [0.25, 0.3) is 10.9 Å². The molecule has 10 heteroatoms. The normalized spacial score (nSPS) is 11.5. The Morgan fingerprint density at radius 1 is 1.23 bits per heavy atom. The van der Waals surface area contributed by atoms with Gasteiger partial charge in [-0.05, 0) is 24.6 Å². The molecule has 0 saturated heterocycles. The van der Waals surface area contributed by atoms with E-state index in [0.29, 0.717) is 18.1 Å². The van der Waals surface area contributed by atoms with Gasteiger partial charge in [-0.25, -0.2) is 15.0 Å². The third kappa shape index (κ3) is 9.40. The van der Waals surface area contributed by atoms with E-state index in [1.807, 2.05) is 24.4 Å². The molecule has 2 rings (SSSR count). The summed E-state index contributed by atoms with van der Waals surface area (Å²) in [5, 5.41) is 20.8. The van der Waals surface area contributed by atoms with Crippen LogP contribution in [0.15, 0.2) is 46.6 Å². The molecule has 6 N–H and O–H groups in total. The number of aliphatic imine (C=N–C) groups is 1. The minimum absolute atomic E-state index is 0.338. The van der Waals surface area contributed by atoms with E-state index in [0.717, 1.165) is 41.6 Å². The number of fused-ring (bicyclic) bond motifs is 1. The van der Waals surface area contributed by atoms with E-state index >= 15 is 0 Å². The smallest absolute Gasteiger partial charge is 0.328 e. The molecule has 1 aromatic heterocycles. The summed E-state index contributed by atoms with van der Waals surface area (Å²) in [6.45, 7) is 2.89. The Morgan fingerprint density at radius 2 is 1.93 bits per heavy atom. The molecule has 0 aliphatic carbocycles. The van der Waals surface area contributed by atoms with Gasteiger partial charge in [0.05, 0.1) is 13.3 Å². The molecule has 0 amide bonds. The van der Waals surface area contributed by atoms with Crippen molar-refractivity contribution >= 4 is 35.0 Å². The molecule has 30 heavy (non-hydrogen) atoms. The Labute approximate surface area is 174 Å². The number of nitrogens with one attached hydrogen (secondary N) is 2. The number of benzene rings is 1. The number of rotatable bonds is 9. The topological polar surface area (TPSA) is 162 Å². The first-order chi connectivity index (χ1) is 14.4. The van der Waals surface area contributed by atoms with Gasteiger partial charge in [0.25, 0.3) is 0 Å². The van der Waals surface area contributed by atoms with Crippen molar-refractivity contribution in [3.05, 3.63) is 42.1 Å². The lowest BCUT2D eigenvalue weighted by molar-refractivity contribution is -0.134. The number of ether oxygens (including phenoxy) is 1. The predicted molar refractivity (Wildman–Crippen MR) is 116 cm³/mol. The maximum absolute atomic E-state index is 9.55. The van der Waals surface area contributed by atoms with Gasteiger partial charge in [0.2, 0.25) is 5.96 Å². The van der Waals surface area contributed by atoms with E-state index in [4.69, 9.17) is 20.7 Å². The highest BCUT2D eigenvalue weighted by Crippen LogP contribution is 2.22. The fraction of sp³-hybridized carbons (Fsp3) is 0.300. The van der Waals surface area contributed by atoms with Crippen molar-refractivity contribution in [2.24, 2.45) is 15.8 Å². The first kappa shape index (κ1) is 24.2. The van der Waals surface area contributed by atoms with Crippen LogP contribution in [0.5, 0.6) is 5.75 Å². The summed E-state index contributed by atoms with van der Waals surface area (Å²) in [6.07, 6.45) is 8.11. The van der Waals surface area contributed by atoms with Crippen molar-refractivity contribution in [3.63, 3.8) is 0 Å². The van der Waals surface area contributed by atoms with Crippen molar-refractivity contribution in [3.8, 4) is 5.75 Å². The monoisotopic (exact) mass is 417 g/mol. The molecule has 0 radical (unpaired) electrons. The maximum Gasteiger partial charge on any atom is 0.328 e. The molecule has 0 bridgehead atoms. The van der Waals surface area contributed by atoms with Crippen molar-refractivity contribution in [2.45, 2.75) is 26.2 Å². The minimum atomic E-state index is -1.26. The van der Waals surface area contributed by atoms with Gasteiger partial charge in [0.15, 0.2) is 0 Å². The summed E-state index contributed by atoms with van der Waals surface area (Å²) < 4.78 is 5.24. The Hall–Kier alpha value is -3.82. The van der Waals surface area contributed by atoms with E-state index in [2.05, 4.69) is 27.4 Å². The number of hydrazone groups is 1. The molecule has 0 saturated carbocycles. The quantitative estimate of drug-likeness (QED) is 0.137. The van der Waals surface area contributed by atoms with Crippen molar-refractivity contribution in [1.29, 1.82) is 0 Å². The molecule has 1 heterocycles. The molecule has 162 valence electrons. The van der Waals surface area contributed by atoms with E-state index in [9.17, 15) is 9.59 Å². The number of aromatic amines is 1. The van der Waals surface area contributed by atoms with Gasteiger partial charge < -0.3 is 25.7 Å². The number of H-pyrrole nitrogens is 1. The molecule has 0 unspecified atom stereocenters. The fourth-order valence-corrected chi connectivity index (χ4v) is 2.26. The van der Waals surface area contributed by atoms with E-state index < -0.39 is 11.9 Å². The fourth-order valence-electron chi connectivity index (χ4n) is 2.26. The minimum Gasteiger partial charge on any atom is -0.497 e. The molecule has 0 atom stereocenters. The maximum atomic E-state index is 9.55. The summed E-state index contributed by atoms with van der Waals surface area (Å²) in [5.41, 5.74) is 10.5. The first-order valence-electron chi connectivity index (χ1n) is 9.25. The summed E-state index contributed by atoms with van der Waals surface area (Å²) in [5.74, 6) is -1.36.